The largest absolute Gasteiger partial charge is 0.494 e. The van der Waals surface area contributed by atoms with E-state index in [1.165, 1.54) is 19.3 Å². The molecule has 4 heteroatoms. The molecule has 2 rings (SSSR count). The molecule has 1 aliphatic heterocycles. The molecule has 1 aromatic carbocycles. The third kappa shape index (κ3) is 4.53. The van der Waals surface area contributed by atoms with Crippen LogP contribution in [-0.4, -0.2) is 31.6 Å². The number of carbonyl (C=O) groups excluding carboxylic acids is 1. The average Bonchev–Trinajstić information content (AvgIpc) is 2.49. The zero-order chi connectivity index (χ0) is 14.2. The number of amides is 1. The average molecular weight is 276 g/mol. The summed E-state index contributed by atoms with van der Waals surface area (Å²) in [4.78, 5) is 12.0. The van der Waals surface area contributed by atoms with Gasteiger partial charge in [-0.3, -0.25) is 4.79 Å². The van der Waals surface area contributed by atoms with Gasteiger partial charge in [-0.05, 0) is 57.0 Å². The molecule has 0 saturated carbocycles. The number of piperidine rings is 1. The molecule has 1 amide bonds. The van der Waals surface area contributed by atoms with Crippen LogP contribution >= 0.6 is 0 Å². The van der Waals surface area contributed by atoms with Gasteiger partial charge in [0.25, 0.3) is 5.91 Å². The number of ether oxygens (including phenoxy) is 1. The SMILES string of the molecule is CCOc1ccc(C(=O)NCCC2CCCCN2)cc1. The van der Waals surface area contributed by atoms with E-state index < -0.39 is 0 Å². The van der Waals surface area contributed by atoms with Gasteiger partial charge in [-0.15, -0.1) is 0 Å². The lowest BCUT2D eigenvalue weighted by molar-refractivity contribution is 0.0951. The minimum atomic E-state index is -0.0103. The number of rotatable bonds is 6. The van der Waals surface area contributed by atoms with Crippen LogP contribution in [-0.2, 0) is 0 Å². The summed E-state index contributed by atoms with van der Waals surface area (Å²) in [5.74, 6) is 0.791. The van der Waals surface area contributed by atoms with Gasteiger partial charge in [0.2, 0.25) is 0 Å². The van der Waals surface area contributed by atoms with E-state index >= 15 is 0 Å². The fourth-order valence-electron chi connectivity index (χ4n) is 2.50. The Morgan fingerprint density at radius 1 is 1.35 bits per heavy atom. The second-order valence-electron chi connectivity index (χ2n) is 5.15. The van der Waals surface area contributed by atoms with Gasteiger partial charge in [0.15, 0.2) is 0 Å². The molecular weight excluding hydrogens is 252 g/mol. The topological polar surface area (TPSA) is 50.4 Å². The van der Waals surface area contributed by atoms with Crippen molar-refractivity contribution in [2.24, 2.45) is 0 Å². The fourth-order valence-corrected chi connectivity index (χ4v) is 2.50. The van der Waals surface area contributed by atoms with Crippen molar-refractivity contribution in [3.8, 4) is 5.75 Å². The van der Waals surface area contributed by atoms with Crippen LogP contribution in [0.2, 0.25) is 0 Å². The van der Waals surface area contributed by atoms with E-state index in [0.29, 0.717) is 18.2 Å². The third-order valence-corrected chi connectivity index (χ3v) is 3.62. The lowest BCUT2D eigenvalue weighted by atomic mass is 10.0. The lowest BCUT2D eigenvalue weighted by Gasteiger charge is -2.23. The second-order valence-corrected chi connectivity index (χ2v) is 5.15. The summed E-state index contributed by atoms with van der Waals surface area (Å²) in [6, 6.07) is 7.84. The van der Waals surface area contributed by atoms with Gasteiger partial charge in [0.1, 0.15) is 5.75 Å². The first-order valence-electron chi connectivity index (χ1n) is 7.54. The molecule has 1 atom stereocenters. The highest BCUT2D eigenvalue weighted by molar-refractivity contribution is 5.94. The van der Waals surface area contributed by atoms with Crippen molar-refractivity contribution in [3.63, 3.8) is 0 Å². The summed E-state index contributed by atoms with van der Waals surface area (Å²) in [5.41, 5.74) is 0.685. The number of carbonyl (C=O) groups is 1. The van der Waals surface area contributed by atoms with Crippen molar-refractivity contribution in [2.45, 2.75) is 38.6 Å². The van der Waals surface area contributed by atoms with Crippen LogP contribution < -0.4 is 15.4 Å². The van der Waals surface area contributed by atoms with Crippen LogP contribution in [0.5, 0.6) is 5.75 Å². The lowest BCUT2D eigenvalue weighted by Crippen LogP contribution is -2.37. The monoisotopic (exact) mass is 276 g/mol. The van der Waals surface area contributed by atoms with Crippen LogP contribution in [0.25, 0.3) is 0 Å². The Morgan fingerprint density at radius 2 is 2.15 bits per heavy atom. The van der Waals surface area contributed by atoms with E-state index in [9.17, 15) is 4.79 Å². The maximum absolute atomic E-state index is 12.0. The number of hydrogen-bond acceptors (Lipinski definition) is 3. The maximum atomic E-state index is 12.0. The number of hydrogen-bond donors (Lipinski definition) is 2. The molecule has 1 heterocycles. The molecule has 1 fully saturated rings. The van der Waals surface area contributed by atoms with Crippen molar-refractivity contribution < 1.29 is 9.53 Å². The number of benzene rings is 1. The first kappa shape index (κ1) is 14.9. The van der Waals surface area contributed by atoms with Gasteiger partial charge in [-0.2, -0.15) is 0 Å². The van der Waals surface area contributed by atoms with E-state index in [-0.39, 0.29) is 5.91 Å². The summed E-state index contributed by atoms with van der Waals surface area (Å²) >= 11 is 0. The van der Waals surface area contributed by atoms with E-state index in [1.54, 1.807) is 12.1 Å². The smallest absolute Gasteiger partial charge is 0.251 e. The van der Waals surface area contributed by atoms with Crippen LogP contribution in [0.15, 0.2) is 24.3 Å². The molecular formula is C16H24N2O2. The summed E-state index contributed by atoms with van der Waals surface area (Å²) in [5, 5.41) is 6.46. The Morgan fingerprint density at radius 3 is 2.80 bits per heavy atom. The zero-order valence-electron chi connectivity index (χ0n) is 12.2. The van der Waals surface area contributed by atoms with Crippen LogP contribution in [0, 0.1) is 0 Å². The van der Waals surface area contributed by atoms with Gasteiger partial charge >= 0.3 is 0 Å². The Labute approximate surface area is 120 Å². The van der Waals surface area contributed by atoms with Crippen molar-refractivity contribution in [1.29, 1.82) is 0 Å². The maximum Gasteiger partial charge on any atom is 0.251 e. The fraction of sp³-hybridized carbons (Fsp3) is 0.562. The molecule has 0 bridgehead atoms. The Bertz CT molecular complexity index is 411. The molecule has 110 valence electrons. The normalized spacial score (nSPS) is 18.6. The predicted octanol–water partition coefficient (Wildman–Crippen LogP) is 2.35. The molecule has 1 aromatic rings. The Hall–Kier alpha value is -1.55. The Balaban J connectivity index is 1.73. The molecule has 1 saturated heterocycles. The van der Waals surface area contributed by atoms with Gasteiger partial charge in [0.05, 0.1) is 6.61 Å². The molecule has 0 aliphatic carbocycles. The third-order valence-electron chi connectivity index (χ3n) is 3.62. The minimum Gasteiger partial charge on any atom is -0.494 e. The minimum absolute atomic E-state index is 0.0103. The van der Waals surface area contributed by atoms with E-state index in [1.807, 2.05) is 19.1 Å². The van der Waals surface area contributed by atoms with Crippen molar-refractivity contribution in [1.82, 2.24) is 10.6 Å². The molecule has 1 unspecified atom stereocenters. The summed E-state index contributed by atoms with van der Waals surface area (Å²) in [6.45, 7) is 4.42. The molecule has 0 radical (unpaired) electrons. The van der Waals surface area contributed by atoms with E-state index in [0.717, 1.165) is 25.3 Å². The zero-order valence-corrected chi connectivity index (χ0v) is 12.2. The standard InChI is InChI=1S/C16H24N2O2/c1-2-20-15-8-6-13(7-9-15)16(19)18-12-10-14-5-3-4-11-17-14/h6-9,14,17H,2-5,10-12H2,1H3,(H,18,19). The highest BCUT2D eigenvalue weighted by atomic mass is 16.5. The predicted molar refractivity (Wildman–Crippen MR) is 80.2 cm³/mol. The summed E-state index contributed by atoms with van der Waals surface area (Å²) in [7, 11) is 0. The van der Waals surface area contributed by atoms with E-state index in [4.69, 9.17) is 4.74 Å². The van der Waals surface area contributed by atoms with Crippen molar-refractivity contribution in [2.75, 3.05) is 19.7 Å². The number of nitrogens with one attached hydrogen (secondary N) is 2. The first-order chi connectivity index (χ1) is 9.79. The highest BCUT2D eigenvalue weighted by Gasteiger charge is 2.12. The molecule has 1 aliphatic rings. The Kier molecular flexibility index (Phi) is 5.87. The van der Waals surface area contributed by atoms with Crippen LogP contribution in [0.3, 0.4) is 0 Å². The first-order valence-corrected chi connectivity index (χ1v) is 7.54. The van der Waals surface area contributed by atoms with Crippen molar-refractivity contribution >= 4 is 5.91 Å². The van der Waals surface area contributed by atoms with Gasteiger partial charge in [0, 0.05) is 18.2 Å². The van der Waals surface area contributed by atoms with Gasteiger partial charge in [-0.25, -0.2) is 0 Å². The molecule has 20 heavy (non-hydrogen) atoms. The van der Waals surface area contributed by atoms with Crippen molar-refractivity contribution in [3.05, 3.63) is 29.8 Å². The summed E-state index contributed by atoms with van der Waals surface area (Å²) in [6.07, 6.45) is 4.79. The molecule has 4 nitrogen and oxygen atoms in total. The van der Waals surface area contributed by atoms with Gasteiger partial charge < -0.3 is 15.4 Å². The molecule has 2 N–H and O–H groups in total. The summed E-state index contributed by atoms with van der Waals surface area (Å²) < 4.78 is 5.36. The van der Waals surface area contributed by atoms with Gasteiger partial charge in [-0.1, -0.05) is 6.42 Å². The van der Waals surface area contributed by atoms with E-state index in [2.05, 4.69) is 10.6 Å². The van der Waals surface area contributed by atoms with Crippen LogP contribution in [0.1, 0.15) is 43.0 Å². The highest BCUT2D eigenvalue weighted by Crippen LogP contribution is 2.12. The molecule has 0 aromatic heterocycles. The second kappa shape index (κ2) is 7.90. The molecule has 0 spiro atoms. The quantitative estimate of drug-likeness (QED) is 0.838. The van der Waals surface area contributed by atoms with Crippen LogP contribution in [0.4, 0.5) is 0 Å².